The normalized spacial score (nSPS) is 11.8. The number of hydrogen-bond donors (Lipinski definition) is 2. The Bertz CT molecular complexity index is 1000. The highest BCUT2D eigenvalue weighted by Crippen LogP contribution is 2.20. The Labute approximate surface area is 153 Å². The predicted octanol–water partition coefficient (Wildman–Crippen LogP) is 2.83. The van der Waals surface area contributed by atoms with E-state index in [-0.39, 0.29) is 17.4 Å². The Kier molecular flexibility index (Phi) is 5.43. The molecule has 0 bridgehead atoms. The lowest BCUT2D eigenvalue weighted by Gasteiger charge is -2.11. The van der Waals surface area contributed by atoms with Gasteiger partial charge in [-0.2, -0.15) is 0 Å². The van der Waals surface area contributed by atoms with Crippen LogP contribution in [0.1, 0.15) is 15.9 Å². The van der Waals surface area contributed by atoms with Gasteiger partial charge in [0.05, 0.1) is 5.75 Å². The molecule has 2 amide bonds. The van der Waals surface area contributed by atoms with E-state index in [0.717, 1.165) is 10.8 Å². The van der Waals surface area contributed by atoms with Crippen molar-refractivity contribution in [2.45, 2.75) is 5.75 Å². The first-order valence-electron chi connectivity index (χ1n) is 8.04. The molecule has 132 valence electrons. The number of para-hydroxylation sites is 1. The van der Waals surface area contributed by atoms with Gasteiger partial charge in [0.25, 0.3) is 5.91 Å². The van der Waals surface area contributed by atoms with E-state index in [0.29, 0.717) is 16.8 Å². The third-order valence-electron chi connectivity index (χ3n) is 3.90. The number of carbonyl (C=O) groups excluding carboxylic acids is 2. The molecule has 0 aromatic heterocycles. The second kappa shape index (κ2) is 7.93. The molecular formula is C20H18N2O3S. The first-order valence-corrected chi connectivity index (χ1v) is 9.53. The highest BCUT2D eigenvalue weighted by Gasteiger charge is 2.12. The molecule has 0 saturated heterocycles. The Morgan fingerprint density at radius 2 is 1.62 bits per heavy atom. The maximum atomic E-state index is 12.6. The zero-order chi connectivity index (χ0) is 18.5. The van der Waals surface area contributed by atoms with E-state index in [1.807, 2.05) is 36.4 Å². The van der Waals surface area contributed by atoms with Crippen molar-refractivity contribution in [2.75, 3.05) is 11.1 Å². The van der Waals surface area contributed by atoms with Crippen LogP contribution >= 0.6 is 0 Å². The van der Waals surface area contributed by atoms with Gasteiger partial charge in [-0.15, -0.1) is 0 Å². The van der Waals surface area contributed by atoms with E-state index in [2.05, 4.69) is 5.32 Å². The van der Waals surface area contributed by atoms with E-state index in [1.54, 1.807) is 30.3 Å². The molecule has 0 saturated carbocycles. The number of nitrogens with one attached hydrogen (secondary N) is 1. The minimum absolute atomic E-state index is 0.150. The topological polar surface area (TPSA) is 89.3 Å². The summed E-state index contributed by atoms with van der Waals surface area (Å²) in [5, 5.41) is 4.90. The smallest absolute Gasteiger partial charge is 0.255 e. The van der Waals surface area contributed by atoms with Crippen LogP contribution in [0.3, 0.4) is 0 Å². The molecule has 3 aromatic rings. The molecule has 1 atom stereocenters. The molecule has 26 heavy (non-hydrogen) atoms. The number of anilines is 1. The fourth-order valence-corrected chi connectivity index (χ4v) is 3.69. The van der Waals surface area contributed by atoms with Crippen LogP contribution in [-0.2, 0) is 21.3 Å². The molecule has 6 heteroatoms. The standard InChI is InChI=1S/C20H18N2O3S/c21-19(23)13-26(25)12-17-7-3-4-8-18(17)22-20(24)16-10-9-14-5-1-2-6-15(14)11-16/h1-11H,12-13H2,(H2,21,23)(H,22,24). The molecule has 0 spiro atoms. The van der Waals surface area contributed by atoms with Gasteiger partial charge in [-0.05, 0) is 34.5 Å². The second-order valence-corrected chi connectivity index (χ2v) is 7.33. The van der Waals surface area contributed by atoms with Gasteiger partial charge in [0, 0.05) is 22.1 Å². The van der Waals surface area contributed by atoms with Crippen LogP contribution in [0, 0.1) is 0 Å². The Hall–Kier alpha value is -2.99. The van der Waals surface area contributed by atoms with Crippen molar-refractivity contribution in [1.29, 1.82) is 0 Å². The van der Waals surface area contributed by atoms with Gasteiger partial charge in [-0.1, -0.05) is 48.5 Å². The largest absolute Gasteiger partial charge is 0.369 e. The zero-order valence-corrected chi connectivity index (χ0v) is 14.8. The van der Waals surface area contributed by atoms with Crippen molar-refractivity contribution in [3.05, 3.63) is 77.9 Å². The van der Waals surface area contributed by atoms with Crippen molar-refractivity contribution >= 4 is 39.1 Å². The summed E-state index contributed by atoms with van der Waals surface area (Å²) in [5.41, 5.74) is 6.89. The summed E-state index contributed by atoms with van der Waals surface area (Å²) in [6, 6.07) is 20.4. The third kappa shape index (κ3) is 4.34. The molecule has 5 nitrogen and oxygen atoms in total. The highest BCUT2D eigenvalue weighted by atomic mass is 32.2. The number of nitrogens with two attached hydrogens (primary N) is 1. The number of amides is 2. The van der Waals surface area contributed by atoms with E-state index in [4.69, 9.17) is 5.73 Å². The SMILES string of the molecule is NC(=O)CS(=O)Cc1ccccc1NC(=O)c1ccc2ccccc2c1. The van der Waals surface area contributed by atoms with Crippen LogP contribution < -0.4 is 11.1 Å². The number of carbonyl (C=O) groups is 2. The van der Waals surface area contributed by atoms with E-state index < -0.39 is 16.7 Å². The maximum absolute atomic E-state index is 12.6. The van der Waals surface area contributed by atoms with E-state index in [9.17, 15) is 13.8 Å². The number of primary amides is 1. The Morgan fingerprint density at radius 3 is 2.38 bits per heavy atom. The van der Waals surface area contributed by atoms with Crippen molar-refractivity contribution in [2.24, 2.45) is 5.73 Å². The fourth-order valence-electron chi connectivity index (χ4n) is 2.68. The molecule has 1 unspecified atom stereocenters. The highest BCUT2D eigenvalue weighted by molar-refractivity contribution is 7.84. The average Bonchev–Trinajstić information content (AvgIpc) is 2.62. The minimum Gasteiger partial charge on any atom is -0.369 e. The van der Waals surface area contributed by atoms with Gasteiger partial charge < -0.3 is 11.1 Å². The lowest BCUT2D eigenvalue weighted by Crippen LogP contribution is -2.20. The molecule has 0 radical (unpaired) electrons. The van der Waals surface area contributed by atoms with Crippen molar-refractivity contribution in [3.63, 3.8) is 0 Å². The zero-order valence-electron chi connectivity index (χ0n) is 14.0. The molecule has 0 aliphatic carbocycles. The van der Waals surface area contributed by atoms with Gasteiger partial charge in [0.15, 0.2) is 0 Å². The molecule has 0 fully saturated rings. The summed E-state index contributed by atoms with van der Waals surface area (Å²) in [7, 11) is -1.42. The number of fused-ring (bicyclic) bond motifs is 1. The molecule has 3 aromatic carbocycles. The summed E-state index contributed by atoms with van der Waals surface area (Å²) in [6.45, 7) is 0. The summed E-state index contributed by atoms with van der Waals surface area (Å²) >= 11 is 0. The quantitative estimate of drug-likeness (QED) is 0.703. The molecule has 0 aliphatic rings. The lowest BCUT2D eigenvalue weighted by molar-refractivity contribution is -0.115. The second-order valence-electron chi connectivity index (χ2n) is 5.87. The monoisotopic (exact) mass is 366 g/mol. The molecular weight excluding hydrogens is 348 g/mol. The minimum atomic E-state index is -1.42. The van der Waals surface area contributed by atoms with Gasteiger partial charge in [0.1, 0.15) is 5.75 Å². The maximum Gasteiger partial charge on any atom is 0.255 e. The van der Waals surface area contributed by atoms with Gasteiger partial charge in [-0.25, -0.2) is 0 Å². The third-order valence-corrected chi connectivity index (χ3v) is 5.14. The molecule has 3 N–H and O–H groups in total. The van der Waals surface area contributed by atoms with Crippen LogP contribution in [0.25, 0.3) is 10.8 Å². The molecule has 0 heterocycles. The number of rotatable bonds is 6. The molecule has 3 rings (SSSR count). The Balaban J connectivity index is 1.80. The van der Waals surface area contributed by atoms with Crippen LogP contribution in [0.5, 0.6) is 0 Å². The van der Waals surface area contributed by atoms with E-state index in [1.165, 1.54) is 0 Å². The average molecular weight is 366 g/mol. The number of benzene rings is 3. The van der Waals surface area contributed by atoms with Gasteiger partial charge in [-0.3, -0.25) is 13.8 Å². The summed E-state index contributed by atoms with van der Waals surface area (Å²) in [6.07, 6.45) is 0. The van der Waals surface area contributed by atoms with Crippen molar-refractivity contribution in [1.82, 2.24) is 0 Å². The first-order chi connectivity index (χ1) is 12.5. The van der Waals surface area contributed by atoms with E-state index >= 15 is 0 Å². The molecule has 0 aliphatic heterocycles. The predicted molar refractivity (Wildman–Crippen MR) is 104 cm³/mol. The summed E-state index contributed by atoms with van der Waals surface area (Å²) < 4.78 is 12.0. The van der Waals surface area contributed by atoms with Crippen LogP contribution in [0.15, 0.2) is 66.7 Å². The van der Waals surface area contributed by atoms with Crippen molar-refractivity contribution in [3.8, 4) is 0 Å². The fraction of sp³-hybridized carbons (Fsp3) is 0.100. The summed E-state index contributed by atoms with van der Waals surface area (Å²) in [4.78, 5) is 23.5. The Morgan fingerprint density at radius 1 is 0.923 bits per heavy atom. The van der Waals surface area contributed by atoms with Crippen molar-refractivity contribution < 1.29 is 13.8 Å². The number of hydrogen-bond acceptors (Lipinski definition) is 3. The first kappa shape index (κ1) is 17.8. The van der Waals surface area contributed by atoms with Crippen LogP contribution in [-0.4, -0.2) is 21.8 Å². The summed E-state index contributed by atoms with van der Waals surface area (Å²) in [5.74, 6) is -0.908. The van der Waals surface area contributed by atoms with Gasteiger partial charge in [0.2, 0.25) is 5.91 Å². The lowest BCUT2D eigenvalue weighted by atomic mass is 10.1. The van der Waals surface area contributed by atoms with Gasteiger partial charge >= 0.3 is 0 Å². The van der Waals surface area contributed by atoms with Crippen LogP contribution in [0.4, 0.5) is 5.69 Å². The van der Waals surface area contributed by atoms with Crippen LogP contribution in [0.2, 0.25) is 0 Å².